The van der Waals surface area contributed by atoms with Crippen LogP contribution in [-0.2, 0) is 0 Å². The van der Waals surface area contributed by atoms with Crippen LogP contribution in [0.4, 0.5) is 0 Å². The van der Waals surface area contributed by atoms with Crippen molar-refractivity contribution < 1.29 is 21.5 Å². The molecule has 0 saturated heterocycles. The van der Waals surface area contributed by atoms with Crippen molar-refractivity contribution in [1.29, 1.82) is 0 Å². The van der Waals surface area contributed by atoms with E-state index in [0.29, 0.717) is 10.7 Å². The Labute approximate surface area is 160 Å². The number of aromatic nitrogens is 2. The predicted octanol–water partition coefficient (Wildman–Crippen LogP) is 1.13. The van der Waals surface area contributed by atoms with E-state index in [2.05, 4.69) is 4.98 Å². The second kappa shape index (κ2) is 7.21. The summed E-state index contributed by atoms with van der Waals surface area (Å²) in [6.45, 7) is 0. The van der Waals surface area contributed by atoms with Gasteiger partial charge in [-0.05, 0) is 23.8 Å². The van der Waals surface area contributed by atoms with Crippen molar-refractivity contribution in [1.82, 2.24) is 4.98 Å². The van der Waals surface area contributed by atoms with Crippen molar-refractivity contribution >= 4 is 22.5 Å². The molecular weight excluding hydrogens is 400 g/mol. The predicted molar refractivity (Wildman–Crippen MR) is 96.5 cm³/mol. The highest BCUT2D eigenvalue weighted by atomic mass is 79.9. The van der Waals surface area contributed by atoms with Gasteiger partial charge >= 0.3 is 5.56 Å². The molecule has 4 aromatic rings. The Bertz CT molecular complexity index is 1080. The average molecular weight is 414 g/mol. The third-order valence-electron chi connectivity index (χ3n) is 3.99. The molecule has 0 amide bonds. The monoisotopic (exact) mass is 412 g/mol. The van der Waals surface area contributed by atoms with Crippen LogP contribution in [0.3, 0.4) is 0 Å². The largest absolute Gasteiger partial charge is 1.00 e. The van der Waals surface area contributed by atoms with Crippen molar-refractivity contribution in [3.8, 4) is 16.8 Å². The number of hydrogen-bond acceptors (Lipinski definition) is 1. The van der Waals surface area contributed by atoms with Gasteiger partial charge in [-0.3, -0.25) is 4.79 Å². The molecule has 124 valence electrons. The summed E-state index contributed by atoms with van der Waals surface area (Å²) in [5, 5.41) is 1.55. The standard InChI is InChI=1S/C20H13ClN2O.BrH/c21-15-9-10-17-16(13-15)18(14-7-3-1-4-8-14)19(20(24)22-17)23-11-5-2-6-12-23;/h1-13H;1H. The molecule has 0 spiro atoms. The Morgan fingerprint density at radius 3 is 2.28 bits per heavy atom. The Kier molecular flexibility index (Phi) is 5.02. The molecule has 0 aliphatic heterocycles. The van der Waals surface area contributed by atoms with Gasteiger partial charge in [0.2, 0.25) is 0 Å². The minimum atomic E-state index is -0.139. The maximum atomic E-state index is 12.8. The summed E-state index contributed by atoms with van der Waals surface area (Å²) >= 11 is 6.22. The third-order valence-corrected chi connectivity index (χ3v) is 4.22. The SMILES string of the molecule is O=c1[nH]c2ccc(Cl)cc2c(-c2ccccc2)c1-[n+]1ccccc1.[Br-]. The smallest absolute Gasteiger partial charge is 0.321 e. The van der Waals surface area contributed by atoms with Gasteiger partial charge in [0.1, 0.15) is 0 Å². The summed E-state index contributed by atoms with van der Waals surface area (Å²) in [5.41, 5.74) is 3.05. The lowest BCUT2D eigenvalue weighted by Gasteiger charge is -2.09. The number of nitrogens with one attached hydrogen (secondary N) is 1. The molecule has 0 aliphatic carbocycles. The van der Waals surface area contributed by atoms with Crippen LogP contribution in [0, 0.1) is 0 Å². The lowest BCUT2D eigenvalue weighted by molar-refractivity contribution is -0.596. The fraction of sp³-hybridized carbons (Fsp3) is 0. The maximum absolute atomic E-state index is 12.8. The van der Waals surface area contributed by atoms with E-state index in [1.807, 2.05) is 77.6 Å². The van der Waals surface area contributed by atoms with Crippen molar-refractivity contribution in [2.75, 3.05) is 0 Å². The minimum Gasteiger partial charge on any atom is -1.00 e. The zero-order valence-electron chi connectivity index (χ0n) is 13.1. The summed E-state index contributed by atoms with van der Waals surface area (Å²) in [4.78, 5) is 15.8. The minimum absolute atomic E-state index is 0. The van der Waals surface area contributed by atoms with Gasteiger partial charge in [0.25, 0.3) is 5.69 Å². The van der Waals surface area contributed by atoms with Crippen LogP contribution in [0.1, 0.15) is 0 Å². The Morgan fingerprint density at radius 1 is 0.880 bits per heavy atom. The van der Waals surface area contributed by atoms with E-state index in [1.165, 1.54) is 0 Å². The molecule has 1 N–H and O–H groups in total. The second-order valence-corrected chi connectivity index (χ2v) is 5.95. The topological polar surface area (TPSA) is 36.7 Å². The quantitative estimate of drug-likeness (QED) is 0.492. The van der Waals surface area contributed by atoms with Crippen molar-refractivity contribution in [2.45, 2.75) is 0 Å². The Balaban J connectivity index is 0.00000182. The fourth-order valence-corrected chi connectivity index (χ4v) is 3.12. The average Bonchev–Trinajstić information content (AvgIpc) is 2.62. The maximum Gasteiger partial charge on any atom is 0.321 e. The van der Waals surface area contributed by atoms with Crippen molar-refractivity contribution in [3.63, 3.8) is 0 Å². The Hall–Kier alpha value is -2.43. The van der Waals surface area contributed by atoms with Crippen LogP contribution in [0.5, 0.6) is 0 Å². The van der Waals surface area contributed by atoms with Gasteiger partial charge in [-0.15, -0.1) is 0 Å². The van der Waals surface area contributed by atoms with Gasteiger partial charge in [0.05, 0.1) is 5.56 Å². The van der Waals surface area contributed by atoms with Crippen LogP contribution >= 0.6 is 11.6 Å². The second-order valence-electron chi connectivity index (χ2n) is 5.52. The lowest BCUT2D eigenvalue weighted by atomic mass is 9.99. The zero-order valence-corrected chi connectivity index (χ0v) is 15.5. The lowest BCUT2D eigenvalue weighted by Crippen LogP contribution is -3.00. The van der Waals surface area contributed by atoms with Crippen LogP contribution in [0.15, 0.2) is 83.9 Å². The van der Waals surface area contributed by atoms with E-state index in [9.17, 15) is 4.79 Å². The van der Waals surface area contributed by atoms with Gasteiger partial charge in [0, 0.05) is 28.1 Å². The van der Waals surface area contributed by atoms with E-state index in [-0.39, 0.29) is 22.5 Å². The summed E-state index contributed by atoms with van der Waals surface area (Å²) in [5.74, 6) is 0. The molecule has 0 radical (unpaired) electrons. The molecule has 0 atom stereocenters. The number of rotatable bonds is 2. The molecule has 4 rings (SSSR count). The molecule has 0 unspecified atom stereocenters. The van der Waals surface area contributed by atoms with Crippen LogP contribution in [0.2, 0.25) is 5.02 Å². The van der Waals surface area contributed by atoms with Crippen LogP contribution < -0.4 is 27.1 Å². The fourth-order valence-electron chi connectivity index (χ4n) is 2.95. The van der Waals surface area contributed by atoms with Gasteiger partial charge in [-0.1, -0.05) is 48.0 Å². The molecule has 5 heteroatoms. The van der Waals surface area contributed by atoms with Gasteiger partial charge in [-0.25, -0.2) is 0 Å². The first kappa shape index (κ1) is 17.4. The summed E-state index contributed by atoms with van der Waals surface area (Å²) in [6.07, 6.45) is 3.74. The molecule has 0 saturated carbocycles. The van der Waals surface area contributed by atoms with Gasteiger partial charge < -0.3 is 22.0 Å². The molecular formula is C20H14BrClN2O. The number of pyridine rings is 2. The first-order valence-corrected chi connectivity index (χ1v) is 7.99. The number of halogens is 2. The highest BCUT2D eigenvalue weighted by Crippen LogP contribution is 2.31. The summed E-state index contributed by atoms with van der Waals surface area (Å²) in [7, 11) is 0. The first-order chi connectivity index (χ1) is 11.7. The molecule has 25 heavy (non-hydrogen) atoms. The van der Waals surface area contributed by atoms with Crippen LogP contribution in [-0.4, -0.2) is 4.98 Å². The van der Waals surface area contributed by atoms with Gasteiger partial charge in [-0.2, -0.15) is 4.57 Å². The number of nitrogens with zero attached hydrogens (tertiary/aromatic N) is 1. The van der Waals surface area contributed by atoms with E-state index in [4.69, 9.17) is 11.6 Å². The van der Waals surface area contributed by atoms with E-state index in [0.717, 1.165) is 22.0 Å². The summed E-state index contributed by atoms with van der Waals surface area (Å²) in [6, 6.07) is 21.1. The Morgan fingerprint density at radius 2 is 1.56 bits per heavy atom. The van der Waals surface area contributed by atoms with E-state index >= 15 is 0 Å². The number of benzene rings is 2. The molecule has 0 bridgehead atoms. The zero-order chi connectivity index (χ0) is 16.5. The van der Waals surface area contributed by atoms with Crippen LogP contribution in [0.25, 0.3) is 27.7 Å². The number of hydrogen-bond donors (Lipinski definition) is 1. The van der Waals surface area contributed by atoms with E-state index in [1.54, 1.807) is 6.07 Å². The van der Waals surface area contributed by atoms with Crippen molar-refractivity contribution in [3.05, 3.63) is 94.5 Å². The molecule has 0 fully saturated rings. The normalized spacial score (nSPS) is 10.4. The molecule has 2 aromatic carbocycles. The molecule has 2 aromatic heterocycles. The highest BCUT2D eigenvalue weighted by molar-refractivity contribution is 6.31. The molecule has 0 aliphatic rings. The number of fused-ring (bicyclic) bond motifs is 1. The highest BCUT2D eigenvalue weighted by Gasteiger charge is 2.22. The third kappa shape index (κ3) is 3.23. The number of H-pyrrole nitrogens is 1. The first-order valence-electron chi connectivity index (χ1n) is 7.62. The summed E-state index contributed by atoms with van der Waals surface area (Å²) < 4.78 is 1.83. The number of aromatic amines is 1. The van der Waals surface area contributed by atoms with E-state index < -0.39 is 0 Å². The van der Waals surface area contributed by atoms with Crippen molar-refractivity contribution in [2.24, 2.45) is 0 Å². The molecule has 3 nitrogen and oxygen atoms in total. The molecule has 2 heterocycles. The van der Waals surface area contributed by atoms with Gasteiger partial charge in [0.15, 0.2) is 12.4 Å².